The summed E-state index contributed by atoms with van der Waals surface area (Å²) in [6.45, 7) is 5.14. The van der Waals surface area contributed by atoms with Crippen molar-refractivity contribution in [1.29, 1.82) is 0 Å². The Morgan fingerprint density at radius 2 is 1.83 bits per heavy atom. The molecule has 0 aromatic carbocycles. The number of carbonyl (C=O) groups is 1. The Kier molecular flexibility index (Phi) is 6.89. The molecule has 0 atom stereocenters. The van der Waals surface area contributed by atoms with Gasteiger partial charge < -0.3 is 9.47 Å². The van der Waals surface area contributed by atoms with Crippen LogP contribution in [0.3, 0.4) is 0 Å². The van der Waals surface area contributed by atoms with Gasteiger partial charge in [-0.05, 0) is 31.6 Å². The Bertz CT molecular complexity index is 565. The molecule has 6 nitrogen and oxygen atoms in total. The van der Waals surface area contributed by atoms with Crippen LogP contribution in [0, 0.1) is 5.92 Å². The second-order valence-electron chi connectivity index (χ2n) is 6.38. The molecule has 1 aliphatic rings. The van der Waals surface area contributed by atoms with E-state index >= 15 is 0 Å². The fourth-order valence-corrected chi connectivity index (χ4v) is 2.86. The highest BCUT2D eigenvalue weighted by molar-refractivity contribution is 7.86. The van der Waals surface area contributed by atoms with Gasteiger partial charge in [0, 0.05) is 0 Å². The average molecular weight is 370 g/mol. The van der Waals surface area contributed by atoms with E-state index in [1.165, 1.54) is 0 Å². The van der Waals surface area contributed by atoms with Crippen molar-refractivity contribution in [3.63, 3.8) is 0 Å². The third-order valence-electron chi connectivity index (χ3n) is 4.26. The summed E-state index contributed by atoms with van der Waals surface area (Å²) in [5.74, 6) is -0.653. The Labute approximate surface area is 141 Å². The zero-order valence-corrected chi connectivity index (χ0v) is 14.7. The number of carbonyl (C=O) groups excluding carboxylic acids is 1. The smallest absolute Gasteiger partial charge is 0.392 e. The predicted molar refractivity (Wildman–Crippen MR) is 83.2 cm³/mol. The third kappa shape index (κ3) is 5.22. The van der Waals surface area contributed by atoms with Gasteiger partial charge in [0.2, 0.25) is 0 Å². The largest absolute Gasteiger partial charge is 0.455 e. The molecule has 1 saturated carbocycles. The first-order chi connectivity index (χ1) is 10.9. The number of rotatable bonds is 8. The number of hydrogen-bond acceptors (Lipinski definition) is 5. The highest BCUT2D eigenvalue weighted by Gasteiger charge is 2.44. The van der Waals surface area contributed by atoms with Crippen molar-refractivity contribution in [3.8, 4) is 0 Å². The van der Waals surface area contributed by atoms with Crippen LogP contribution < -0.4 is 0 Å². The summed E-state index contributed by atoms with van der Waals surface area (Å²) in [5.41, 5.74) is -0.789. The topological polar surface area (TPSA) is 89.9 Å². The lowest BCUT2D eigenvalue weighted by molar-refractivity contribution is -0.165. The van der Waals surface area contributed by atoms with E-state index in [1.54, 1.807) is 0 Å². The van der Waals surface area contributed by atoms with Crippen LogP contribution in [-0.4, -0.2) is 43.0 Å². The Morgan fingerprint density at radius 3 is 2.29 bits per heavy atom. The number of halogens is 2. The van der Waals surface area contributed by atoms with Gasteiger partial charge in [-0.25, -0.2) is 4.79 Å². The van der Waals surface area contributed by atoms with Gasteiger partial charge in [0.05, 0.1) is 12.2 Å². The summed E-state index contributed by atoms with van der Waals surface area (Å²) in [6.07, 6.45) is 4.40. The van der Waals surface area contributed by atoms with E-state index in [-0.39, 0.29) is 11.5 Å². The number of alkyl halides is 2. The lowest BCUT2D eigenvalue weighted by Gasteiger charge is -2.40. The van der Waals surface area contributed by atoms with Crippen LogP contribution in [-0.2, 0) is 24.4 Å². The van der Waals surface area contributed by atoms with Crippen LogP contribution in [0.25, 0.3) is 0 Å². The van der Waals surface area contributed by atoms with E-state index in [0.29, 0.717) is 0 Å². The maximum atomic E-state index is 13.0. The summed E-state index contributed by atoms with van der Waals surface area (Å²) in [6, 6.07) is 0. The molecular formula is C15H24F2O6S. The van der Waals surface area contributed by atoms with Gasteiger partial charge in [-0.2, -0.15) is 17.2 Å². The molecule has 0 bridgehead atoms. The van der Waals surface area contributed by atoms with E-state index in [1.807, 2.05) is 13.8 Å². The third-order valence-corrected chi connectivity index (χ3v) is 5.13. The molecule has 0 aromatic rings. The molecule has 1 N–H and O–H groups in total. The maximum Gasteiger partial charge on any atom is 0.392 e. The fraction of sp³-hybridized carbons (Fsp3) is 0.800. The number of hydrogen-bond donors (Lipinski definition) is 1. The lowest BCUT2D eigenvalue weighted by Crippen LogP contribution is -2.42. The van der Waals surface area contributed by atoms with Crippen LogP contribution in [0.15, 0.2) is 12.2 Å². The SMILES string of the molecule is C=C(COCC(F)(F)S(=O)(=O)O)C(=O)OC1(C(C)C)CCCCC1. The molecule has 140 valence electrons. The van der Waals surface area contributed by atoms with Gasteiger partial charge in [0.15, 0.2) is 0 Å². The van der Waals surface area contributed by atoms with E-state index in [0.717, 1.165) is 32.1 Å². The Balaban J connectivity index is 2.57. The maximum absolute atomic E-state index is 13.0. The van der Waals surface area contributed by atoms with Gasteiger partial charge in [-0.15, -0.1) is 0 Å². The van der Waals surface area contributed by atoms with E-state index in [2.05, 4.69) is 11.3 Å². The van der Waals surface area contributed by atoms with Gasteiger partial charge >= 0.3 is 21.3 Å². The Morgan fingerprint density at radius 1 is 1.29 bits per heavy atom. The second-order valence-corrected chi connectivity index (χ2v) is 7.93. The summed E-state index contributed by atoms with van der Waals surface area (Å²) in [7, 11) is -5.57. The van der Waals surface area contributed by atoms with E-state index in [9.17, 15) is 22.0 Å². The molecule has 0 aliphatic heterocycles. The molecule has 0 aromatic heterocycles. The van der Waals surface area contributed by atoms with Gasteiger partial charge in [-0.1, -0.05) is 26.8 Å². The summed E-state index contributed by atoms with van der Waals surface area (Å²) >= 11 is 0. The molecule has 0 amide bonds. The normalized spacial score (nSPS) is 18.4. The number of esters is 1. The Hall–Kier alpha value is -1.06. The highest BCUT2D eigenvalue weighted by atomic mass is 32.2. The standard InChI is InChI=1S/C15H24F2O6S/c1-11(2)14(7-5-4-6-8-14)23-13(18)12(3)9-22-10-15(16,17)24(19,20)21/h11H,3-10H2,1-2H3,(H,19,20,21). The van der Waals surface area contributed by atoms with Crippen molar-refractivity contribution >= 4 is 16.1 Å². The zero-order chi connectivity index (χ0) is 18.6. The quantitative estimate of drug-likeness (QED) is 0.401. The lowest BCUT2D eigenvalue weighted by atomic mass is 9.77. The van der Waals surface area contributed by atoms with Gasteiger partial charge in [0.1, 0.15) is 12.2 Å². The van der Waals surface area contributed by atoms with Gasteiger partial charge in [-0.3, -0.25) is 4.55 Å². The van der Waals surface area contributed by atoms with Crippen molar-refractivity contribution in [2.24, 2.45) is 5.92 Å². The summed E-state index contributed by atoms with van der Waals surface area (Å²) in [4.78, 5) is 12.1. The molecule has 1 fully saturated rings. The first-order valence-electron chi connectivity index (χ1n) is 7.75. The minimum absolute atomic E-state index is 0.0966. The van der Waals surface area contributed by atoms with Crippen molar-refractivity contribution in [2.45, 2.75) is 56.8 Å². The minimum Gasteiger partial charge on any atom is -0.455 e. The average Bonchev–Trinajstić information content (AvgIpc) is 2.46. The monoisotopic (exact) mass is 370 g/mol. The molecule has 24 heavy (non-hydrogen) atoms. The first-order valence-corrected chi connectivity index (χ1v) is 9.19. The van der Waals surface area contributed by atoms with Crippen LogP contribution in [0.1, 0.15) is 46.0 Å². The zero-order valence-electron chi connectivity index (χ0n) is 13.9. The highest BCUT2D eigenvalue weighted by Crippen LogP contribution is 2.38. The minimum atomic E-state index is -5.57. The van der Waals surface area contributed by atoms with Crippen molar-refractivity contribution in [3.05, 3.63) is 12.2 Å². The molecule has 0 saturated heterocycles. The predicted octanol–water partition coefficient (Wildman–Crippen LogP) is 2.94. The molecule has 1 aliphatic carbocycles. The van der Waals surface area contributed by atoms with Crippen LogP contribution in [0.2, 0.25) is 0 Å². The molecule has 1 rings (SSSR count). The van der Waals surface area contributed by atoms with Crippen LogP contribution in [0.5, 0.6) is 0 Å². The fourth-order valence-electron chi connectivity index (χ4n) is 2.63. The molecular weight excluding hydrogens is 346 g/mol. The number of ether oxygens (including phenoxy) is 2. The van der Waals surface area contributed by atoms with E-state index in [4.69, 9.17) is 9.29 Å². The summed E-state index contributed by atoms with van der Waals surface area (Å²) in [5, 5.41) is -4.44. The summed E-state index contributed by atoms with van der Waals surface area (Å²) < 4.78 is 65.4. The second kappa shape index (κ2) is 7.88. The first kappa shape index (κ1) is 21.0. The van der Waals surface area contributed by atoms with Crippen molar-refractivity contribution in [1.82, 2.24) is 0 Å². The van der Waals surface area contributed by atoms with E-state index < -0.39 is 40.2 Å². The van der Waals surface area contributed by atoms with Crippen molar-refractivity contribution in [2.75, 3.05) is 13.2 Å². The molecule has 0 spiro atoms. The van der Waals surface area contributed by atoms with Crippen LogP contribution >= 0.6 is 0 Å². The van der Waals surface area contributed by atoms with Crippen molar-refractivity contribution < 1.29 is 36.0 Å². The molecule has 0 radical (unpaired) electrons. The molecule has 0 unspecified atom stereocenters. The molecule has 9 heteroatoms. The van der Waals surface area contributed by atoms with Crippen LogP contribution in [0.4, 0.5) is 8.78 Å². The van der Waals surface area contributed by atoms with Gasteiger partial charge in [0.25, 0.3) is 0 Å². The molecule has 0 heterocycles.